The SMILES string of the molecule is CC1(C)CN(Cc2ccccc2)C(c2ccc(S(C)(=O)=O)cc2)C(=Cc2cccc(N3CCOCC3)n2)C1=O. The van der Waals surface area contributed by atoms with Gasteiger partial charge in [-0.2, -0.15) is 0 Å². The molecule has 0 saturated carbocycles. The van der Waals surface area contributed by atoms with E-state index in [1.807, 2.05) is 68.5 Å². The number of pyridine rings is 1. The van der Waals surface area contributed by atoms with Crippen LogP contribution in [-0.2, 0) is 25.9 Å². The van der Waals surface area contributed by atoms with Crippen LogP contribution >= 0.6 is 0 Å². The van der Waals surface area contributed by atoms with Crippen molar-refractivity contribution in [3.8, 4) is 0 Å². The first-order valence-corrected chi connectivity index (χ1v) is 15.2. The summed E-state index contributed by atoms with van der Waals surface area (Å²) in [7, 11) is -3.34. The molecule has 0 radical (unpaired) electrons. The molecular weight excluding hydrogens is 510 g/mol. The number of rotatable bonds is 6. The number of nitrogens with zero attached hydrogens (tertiary/aromatic N) is 3. The van der Waals surface area contributed by atoms with Gasteiger partial charge in [-0.25, -0.2) is 13.4 Å². The molecule has 0 N–H and O–H groups in total. The third-order valence-electron chi connectivity index (χ3n) is 7.38. The predicted octanol–water partition coefficient (Wildman–Crippen LogP) is 4.56. The molecule has 0 aliphatic carbocycles. The van der Waals surface area contributed by atoms with Crippen LogP contribution in [0.5, 0.6) is 0 Å². The number of likely N-dealkylation sites (tertiary alicyclic amines) is 1. The third-order valence-corrected chi connectivity index (χ3v) is 8.51. The number of carbonyl (C=O) groups is 1. The summed E-state index contributed by atoms with van der Waals surface area (Å²) in [6.07, 6.45) is 3.12. The van der Waals surface area contributed by atoms with E-state index in [4.69, 9.17) is 9.72 Å². The minimum atomic E-state index is -3.34. The van der Waals surface area contributed by atoms with E-state index in [-0.39, 0.29) is 16.7 Å². The Kier molecular flexibility index (Phi) is 7.71. The van der Waals surface area contributed by atoms with Crippen molar-refractivity contribution in [2.24, 2.45) is 5.41 Å². The quantitative estimate of drug-likeness (QED) is 0.420. The fraction of sp³-hybridized carbons (Fsp3) is 0.355. The number of anilines is 1. The van der Waals surface area contributed by atoms with E-state index in [0.717, 1.165) is 35.7 Å². The van der Waals surface area contributed by atoms with E-state index in [1.165, 1.54) is 6.26 Å². The van der Waals surface area contributed by atoms with Gasteiger partial charge >= 0.3 is 0 Å². The number of aromatic nitrogens is 1. The number of Topliss-reactive ketones (excluding diaryl/α,β-unsaturated/α-hetero) is 1. The molecule has 39 heavy (non-hydrogen) atoms. The van der Waals surface area contributed by atoms with E-state index >= 15 is 0 Å². The maximum absolute atomic E-state index is 14.0. The van der Waals surface area contributed by atoms with Crippen LogP contribution in [0.1, 0.15) is 36.7 Å². The topological polar surface area (TPSA) is 79.8 Å². The maximum atomic E-state index is 14.0. The first-order valence-electron chi connectivity index (χ1n) is 13.3. The van der Waals surface area contributed by atoms with Crippen molar-refractivity contribution < 1.29 is 17.9 Å². The number of sulfone groups is 1. The molecule has 0 bridgehead atoms. The zero-order valence-corrected chi connectivity index (χ0v) is 23.5. The number of ketones is 1. The minimum Gasteiger partial charge on any atom is -0.378 e. The lowest BCUT2D eigenvalue weighted by molar-refractivity contribution is -0.128. The number of carbonyl (C=O) groups excluding carboxylic acids is 1. The number of ether oxygens (including phenoxy) is 1. The van der Waals surface area contributed by atoms with Crippen LogP contribution in [0.2, 0.25) is 0 Å². The van der Waals surface area contributed by atoms with Gasteiger partial charge in [0, 0.05) is 43.4 Å². The Hall–Kier alpha value is -3.33. The van der Waals surface area contributed by atoms with Gasteiger partial charge in [0.1, 0.15) is 5.82 Å². The van der Waals surface area contributed by atoms with E-state index in [0.29, 0.717) is 31.9 Å². The summed E-state index contributed by atoms with van der Waals surface area (Å²) < 4.78 is 29.8. The van der Waals surface area contributed by atoms with Crippen molar-refractivity contribution in [1.29, 1.82) is 0 Å². The van der Waals surface area contributed by atoms with Gasteiger partial charge in [-0.05, 0) is 41.5 Å². The molecule has 1 unspecified atom stereocenters. The molecule has 2 fully saturated rings. The summed E-state index contributed by atoms with van der Waals surface area (Å²) in [5, 5.41) is 0. The summed E-state index contributed by atoms with van der Waals surface area (Å²) in [5.74, 6) is 0.938. The Morgan fingerprint density at radius 3 is 2.33 bits per heavy atom. The van der Waals surface area contributed by atoms with Gasteiger partial charge in [-0.1, -0.05) is 62.4 Å². The van der Waals surface area contributed by atoms with Gasteiger partial charge in [0.15, 0.2) is 15.6 Å². The first-order chi connectivity index (χ1) is 18.6. The molecule has 0 amide bonds. The van der Waals surface area contributed by atoms with E-state index in [9.17, 15) is 13.2 Å². The van der Waals surface area contributed by atoms with Crippen molar-refractivity contribution in [2.75, 3.05) is 44.0 Å². The largest absolute Gasteiger partial charge is 0.378 e. The fourth-order valence-electron chi connectivity index (χ4n) is 5.43. The van der Waals surface area contributed by atoms with Gasteiger partial charge in [0.25, 0.3) is 0 Å². The molecule has 1 atom stereocenters. The van der Waals surface area contributed by atoms with Crippen molar-refractivity contribution >= 4 is 27.5 Å². The highest BCUT2D eigenvalue weighted by Crippen LogP contribution is 2.42. The standard InChI is InChI=1S/C31H35N3O4S/c1-31(2)22-34(21-23-8-5-4-6-9-23)29(24-12-14-26(15-13-24)39(3,36)37)27(30(31)35)20-25-10-7-11-28(32-25)33-16-18-38-19-17-33/h4-15,20,29H,16-19,21-22H2,1-3H3. The lowest BCUT2D eigenvalue weighted by Crippen LogP contribution is -2.49. The highest BCUT2D eigenvalue weighted by atomic mass is 32.2. The van der Waals surface area contributed by atoms with Crippen molar-refractivity contribution in [1.82, 2.24) is 9.88 Å². The molecule has 0 spiro atoms. The minimum absolute atomic E-state index is 0.0718. The molecule has 2 saturated heterocycles. The van der Waals surface area contributed by atoms with Crippen LogP contribution in [0.25, 0.3) is 6.08 Å². The summed E-state index contributed by atoms with van der Waals surface area (Å²) in [6.45, 7) is 8.08. The lowest BCUT2D eigenvalue weighted by Gasteiger charge is -2.44. The number of benzene rings is 2. The number of morpholine rings is 1. The summed E-state index contributed by atoms with van der Waals surface area (Å²) in [6, 6.07) is 22.7. The predicted molar refractivity (Wildman–Crippen MR) is 153 cm³/mol. The van der Waals surface area contributed by atoms with E-state index in [1.54, 1.807) is 12.1 Å². The van der Waals surface area contributed by atoms with Gasteiger partial charge in [0.05, 0.1) is 29.8 Å². The summed E-state index contributed by atoms with van der Waals surface area (Å²) in [5.41, 5.74) is 2.79. The smallest absolute Gasteiger partial charge is 0.175 e. The van der Waals surface area contributed by atoms with Crippen molar-refractivity contribution in [3.05, 3.63) is 95.2 Å². The summed E-state index contributed by atoms with van der Waals surface area (Å²) in [4.78, 5) is 23.7. The average Bonchev–Trinajstić information content (AvgIpc) is 2.92. The normalized spacial score (nSPS) is 21.3. The van der Waals surface area contributed by atoms with Crippen LogP contribution in [0.15, 0.2) is 83.3 Å². The highest BCUT2D eigenvalue weighted by Gasteiger charge is 2.44. The second kappa shape index (κ2) is 11.0. The number of hydrogen-bond donors (Lipinski definition) is 0. The average molecular weight is 546 g/mol. The van der Waals surface area contributed by atoms with Gasteiger partial charge in [-0.15, -0.1) is 0 Å². The Labute approximate surface area is 231 Å². The zero-order chi connectivity index (χ0) is 27.6. The Morgan fingerprint density at radius 2 is 1.67 bits per heavy atom. The van der Waals surface area contributed by atoms with E-state index in [2.05, 4.69) is 21.9 Å². The monoisotopic (exact) mass is 545 g/mol. The maximum Gasteiger partial charge on any atom is 0.175 e. The van der Waals surface area contributed by atoms with E-state index < -0.39 is 15.3 Å². The highest BCUT2D eigenvalue weighted by molar-refractivity contribution is 7.90. The summed E-state index contributed by atoms with van der Waals surface area (Å²) >= 11 is 0. The number of piperidine rings is 1. The fourth-order valence-corrected chi connectivity index (χ4v) is 6.06. The van der Waals surface area contributed by atoms with Crippen LogP contribution in [-0.4, -0.2) is 63.2 Å². The lowest BCUT2D eigenvalue weighted by atomic mass is 9.74. The van der Waals surface area contributed by atoms with Gasteiger partial charge < -0.3 is 9.64 Å². The molecule has 3 aromatic rings. The second-order valence-electron chi connectivity index (χ2n) is 11.0. The second-order valence-corrected chi connectivity index (χ2v) is 13.0. The Bertz CT molecular complexity index is 1460. The van der Waals surface area contributed by atoms with Crippen LogP contribution in [0.4, 0.5) is 5.82 Å². The van der Waals surface area contributed by atoms with Crippen LogP contribution in [0.3, 0.4) is 0 Å². The van der Waals surface area contributed by atoms with Crippen molar-refractivity contribution in [3.63, 3.8) is 0 Å². The van der Waals surface area contributed by atoms with Gasteiger partial charge in [-0.3, -0.25) is 9.69 Å². The molecule has 1 aromatic heterocycles. The zero-order valence-electron chi connectivity index (χ0n) is 22.7. The molecule has 2 aromatic carbocycles. The first kappa shape index (κ1) is 27.2. The third kappa shape index (κ3) is 6.13. The number of hydrogen-bond acceptors (Lipinski definition) is 7. The molecule has 204 valence electrons. The van der Waals surface area contributed by atoms with Gasteiger partial charge in [0.2, 0.25) is 0 Å². The molecule has 3 heterocycles. The molecule has 8 heteroatoms. The molecule has 2 aliphatic rings. The molecule has 5 rings (SSSR count). The van der Waals surface area contributed by atoms with Crippen LogP contribution in [0, 0.1) is 5.41 Å². The molecule has 7 nitrogen and oxygen atoms in total. The van der Waals surface area contributed by atoms with Crippen LogP contribution < -0.4 is 4.90 Å². The Morgan fingerprint density at radius 1 is 0.974 bits per heavy atom. The molecule has 2 aliphatic heterocycles. The Balaban J connectivity index is 1.60. The van der Waals surface area contributed by atoms with Crippen molar-refractivity contribution in [2.45, 2.75) is 31.3 Å². The molecular formula is C31H35N3O4S.